The fourth-order valence-corrected chi connectivity index (χ4v) is 3.00. The first-order valence-corrected chi connectivity index (χ1v) is 9.58. The Balaban J connectivity index is 1.46. The van der Waals surface area contributed by atoms with E-state index in [-0.39, 0.29) is 5.91 Å². The van der Waals surface area contributed by atoms with E-state index in [1.165, 1.54) is 0 Å². The molecule has 0 aliphatic carbocycles. The van der Waals surface area contributed by atoms with Crippen LogP contribution in [0.5, 0.6) is 0 Å². The molecule has 0 spiro atoms. The third-order valence-corrected chi connectivity index (χ3v) is 4.61. The Morgan fingerprint density at radius 1 is 0.933 bits per heavy atom. The second-order valence-electron chi connectivity index (χ2n) is 7.02. The van der Waals surface area contributed by atoms with E-state index in [1.807, 2.05) is 67.5 Å². The molecule has 4 aromatic rings. The van der Waals surface area contributed by atoms with Gasteiger partial charge in [-0.15, -0.1) is 0 Å². The molecule has 7 heteroatoms. The molecule has 0 radical (unpaired) electrons. The van der Waals surface area contributed by atoms with Crippen molar-refractivity contribution in [1.29, 1.82) is 0 Å². The van der Waals surface area contributed by atoms with Crippen molar-refractivity contribution in [2.45, 2.75) is 6.54 Å². The highest BCUT2D eigenvalue weighted by Gasteiger charge is 2.09. The fraction of sp³-hybridized carbons (Fsp3) is 0.130. The zero-order valence-electron chi connectivity index (χ0n) is 16.8. The van der Waals surface area contributed by atoms with Gasteiger partial charge < -0.3 is 15.5 Å². The summed E-state index contributed by atoms with van der Waals surface area (Å²) in [6.45, 7) is 0.604. The standard InChI is InChI=1S/C23H22N6O/c1-29(2)23-27-20-6-4-3-5-19(20)21(28-23)25-15-16-7-9-18(10-8-16)26-22(30)17-11-13-24-14-12-17/h3-14H,15H2,1-2H3,(H,26,30)(H,25,27,28). The molecule has 1 amide bonds. The number of para-hydroxylation sites is 1. The van der Waals surface area contributed by atoms with Crippen LogP contribution in [0.15, 0.2) is 73.1 Å². The Hall–Kier alpha value is -4.00. The predicted octanol–water partition coefficient (Wildman–Crippen LogP) is 3.96. The first kappa shape index (κ1) is 19.3. The normalized spacial score (nSPS) is 10.6. The lowest BCUT2D eigenvalue weighted by atomic mass is 10.2. The average molecular weight is 398 g/mol. The molecule has 30 heavy (non-hydrogen) atoms. The molecule has 2 aromatic carbocycles. The third-order valence-electron chi connectivity index (χ3n) is 4.61. The van der Waals surface area contributed by atoms with Gasteiger partial charge in [-0.25, -0.2) is 4.98 Å². The molecular weight excluding hydrogens is 376 g/mol. The van der Waals surface area contributed by atoms with Crippen LogP contribution in [0.4, 0.5) is 17.5 Å². The number of amides is 1. The topological polar surface area (TPSA) is 83.0 Å². The second kappa shape index (κ2) is 8.57. The van der Waals surface area contributed by atoms with Gasteiger partial charge in [0.15, 0.2) is 0 Å². The van der Waals surface area contributed by atoms with E-state index in [0.29, 0.717) is 18.1 Å². The lowest BCUT2D eigenvalue weighted by molar-refractivity contribution is 0.102. The first-order valence-electron chi connectivity index (χ1n) is 9.58. The van der Waals surface area contributed by atoms with Crippen LogP contribution in [-0.4, -0.2) is 35.0 Å². The molecule has 2 aromatic heterocycles. The first-order chi connectivity index (χ1) is 14.6. The monoisotopic (exact) mass is 398 g/mol. The summed E-state index contributed by atoms with van der Waals surface area (Å²) in [5, 5.41) is 7.28. The molecule has 0 aliphatic heterocycles. The third kappa shape index (κ3) is 4.35. The Morgan fingerprint density at radius 2 is 1.67 bits per heavy atom. The van der Waals surface area contributed by atoms with Crippen molar-refractivity contribution >= 4 is 34.3 Å². The molecule has 0 aliphatic rings. The van der Waals surface area contributed by atoms with Gasteiger partial charge >= 0.3 is 0 Å². The highest BCUT2D eigenvalue weighted by Crippen LogP contribution is 2.23. The van der Waals surface area contributed by atoms with Gasteiger partial charge in [0.25, 0.3) is 5.91 Å². The van der Waals surface area contributed by atoms with Gasteiger partial charge in [-0.05, 0) is 42.0 Å². The van der Waals surface area contributed by atoms with Crippen LogP contribution in [0.1, 0.15) is 15.9 Å². The van der Waals surface area contributed by atoms with Crippen molar-refractivity contribution in [3.05, 3.63) is 84.2 Å². The van der Waals surface area contributed by atoms with Crippen LogP contribution < -0.4 is 15.5 Å². The zero-order chi connectivity index (χ0) is 20.9. The Kier molecular flexibility index (Phi) is 5.52. The van der Waals surface area contributed by atoms with E-state index in [9.17, 15) is 4.79 Å². The van der Waals surface area contributed by atoms with E-state index in [1.54, 1.807) is 24.5 Å². The summed E-state index contributed by atoms with van der Waals surface area (Å²) in [4.78, 5) is 27.3. The minimum atomic E-state index is -0.160. The zero-order valence-corrected chi connectivity index (χ0v) is 16.8. The van der Waals surface area contributed by atoms with Crippen LogP contribution >= 0.6 is 0 Å². The molecule has 150 valence electrons. The summed E-state index contributed by atoms with van der Waals surface area (Å²) in [7, 11) is 3.85. The molecule has 0 fully saturated rings. The largest absolute Gasteiger partial charge is 0.365 e. The summed E-state index contributed by atoms with van der Waals surface area (Å²) in [6, 6.07) is 19.0. The SMILES string of the molecule is CN(C)c1nc(NCc2ccc(NC(=O)c3ccncc3)cc2)c2ccccc2n1. The number of nitrogens with one attached hydrogen (secondary N) is 2. The minimum absolute atomic E-state index is 0.160. The van der Waals surface area contributed by atoms with Crippen molar-refractivity contribution < 1.29 is 4.79 Å². The molecule has 0 atom stereocenters. The number of carbonyl (C=O) groups excluding carboxylic acids is 1. The highest BCUT2D eigenvalue weighted by molar-refractivity contribution is 6.04. The number of rotatable bonds is 6. The van der Waals surface area contributed by atoms with Gasteiger partial charge in [0, 0.05) is 49.7 Å². The van der Waals surface area contributed by atoms with Gasteiger partial charge in [-0.1, -0.05) is 24.3 Å². The summed E-state index contributed by atoms with van der Waals surface area (Å²) in [5.41, 5.74) is 3.28. The smallest absolute Gasteiger partial charge is 0.255 e. The van der Waals surface area contributed by atoms with Gasteiger partial charge in [0.05, 0.1) is 5.52 Å². The highest BCUT2D eigenvalue weighted by atomic mass is 16.1. The van der Waals surface area contributed by atoms with E-state index in [0.717, 1.165) is 28.0 Å². The molecule has 2 heterocycles. The summed E-state index contributed by atoms with van der Waals surface area (Å²) < 4.78 is 0. The van der Waals surface area contributed by atoms with Crippen LogP contribution in [0, 0.1) is 0 Å². The molecule has 4 rings (SSSR count). The maximum Gasteiger partial charge on any atom is 0.255 e. The number of nitrogens with zero attached hydrogens (tertiary/aromatic N) is 4. The molecule has 0 bridgehead atoms. The Bertz CT molecular complexity index is 1160. The maximum atomic E-state index is 12.3. The van der Waals surface area contributed by atoms with Crippen molar-refractivity contribution in [2.24, 2.45) is 0 Å². The quantitative estimate of drug-likeness (QED) is 0.512. The van der Waals surface area contributed by atoms with Gasteiger partial charge in [0.1, 0.15) is 5.82 Å². The number of fused-ring (bicyclic) bond motifs is 1. The van der Waals surface area contributed by atoms with E-state index < -0.39 is 0 Å². The van der Waals surface area contributed by atoms with Gasteiger partial charge in [-0.3, -0.25) is 9.78 Å². The fourth-order valence-electron chi connectivity index (χ4n) is 3.00. The van der Waals surface area contributed by atoms with Crippen molar-refractivity contribution in [3.63, 3.8) is 0 Å². The summed E-state index contributed by atoms with van der Waals surface area (Å²) in [6.07, 6.45) is 3.20. The average Bonchev–Trinajstić information content (AvgIpc) is 2.78. The van der Waals surface area contributed by atoms with Gasteiger partial charge in [-0.2, -0.15) is 4.98 Å². The van der Waals surface area contributed by atoms with Crippen molar-refractivity contribution in [1.82, 2.24) is 15.0 Å². The van der Waals surface area contributed by atoms with E-state index in [2.05, 4.69) is 25.6 Å². The Morgan fingerprint density at radius 3 is 2.40 bits per heavy atom. The Labute approximate surface area is 174 Å². The number of hydrogen-bond donors (Lipinski definition) is 2. The number of benzene rings is 2. The van der Waals surface area contributed by atoms with Crippen LogP contribution in [0.2, 0.25) is 0 Å². The summed E-state index contributed by atoms with van der Waals surface area (Å²) >= 11 is 0. The van der Waals surface area contributed by atoms with Crippen molar-refractivity contribution in [2.75, 3.05) is 29.6 Å². The number of aromatic nitrogens is 3. The molecule has 7 nitrogen and oxygen atoms in total. The lowest BCUT2D eigenvalue weighted by Crippen LogP contribution is -2.14. The number of anilines is 3. The van der Waals surface area contributed by atoms with Gasteiger partial charge in [0.2, 0.25) is 5.95 Å². The number of hydrogen-bond acceptors (Lipinski definition) is 6. The predicted molar refractivity (Wildman–Crippen MR) is 120 cm³/mol. The maximum absolute atomic E-state index is 12.3. The summed E-state index contributed by atoms with van der Waals surface area (Å²) in [5.74, 6) is 1.29. The van der Waals surface area contributed by atoms with E-state index >= 15 is 0 Å². The molecule has 0 saturated heterocycles. The van der Waals surface area contributed by atoms with E-state index in [4.69, 9.17) is 0 Å². The molecule has 2 N–H and O–H groups in total. The van der Waals surface area contributed by atoms with Crippen molar-refractivity contribution in [3.8, 4) is 0 Å². The van der Waals surface area contributed by atoms with Crippen LogP contribution in [0.25, 0.3) is 10.9 Å². The lowest BCUT2D eigenvalue weighted by Gasteiger charge is -2.15. The molecular formula is C23H22N6O. The molecule has 0 unspecified atom stereocenters. The van der Waals surface area contributed by atoms with Crippen LogP contribution in [0.3, 0.4) is 0 Å². The molecule has 0 saturated carbocycles. The minimum Gasteiger partial charge on any atom is -0.365 e. The second-order valence-corrected chi connectivity index (χ2v) is 7.02. The van der Waals surface area contributed by atoms with Crippen LogP contribution in [-0.2, 0) is 6.54 Å². The number of pyridine rings is 1. The number of carbonyl (C=O) groups is 1.